The van der Waals surface area contributed by atoms with Gasteiger partial charge in [0.15, 0.2) is 0 Å². The zero-order valence-corrected chi connectivity index (χ0v) is 19.7. The molecule has 6 heteroatoms. The largest absolute Gasteiger partial charge is 0.463 e. The number of H-pyrrole nitrogens is 1. The van der Waals surface area contributed by atoms with Gasteiger partial charge < -0.3 is 4.74 Å². The normalized spacial score (nSPS) is 12.2. The molecule has 4 aromatic rings. The topological polar surface area (TPSA) is 55.0 Å². The lowest BCUT2D eigenvalue weighted by Crippen LogP contribution is -1.98. The van der Waals surface area contributed by atoms with Crippen molar-refractivity contribution in [2.45, 2.75) is 20.3 Å². The number of esters is 1. The van der Waals surface area contributed by atoms with Gasteiger partial charge in [0.25, 0.3) is 0 Å². The number of allylic oxidation sites excluding steroid dienone is 1. The van der Waals surface area contributed by atoms with Crippen LogP contribution < -0.4 is 0 Å². The summed E-state index contributed by atoms with van der Waals surface area (Å²) in [5, 5.41) is 8.47. The molecule has 0 spiro atoms. The van der Waals surface area contributed by atoms with Crippen molar-refractivity contribution in [1.82, 2.24) is 10.2 Å². The second kappa shape index (κ2) is 10.5. The van der Waals surface area contributed by atoms with E-state index in [1.165, 1.54) is 18.2 Å². The van der Waals surface area contributed by atoms with Gasteiger partial charge in [0, 0.05) is 11.5 Å². The molecule has 0 unspecified atom stereocenters. The van der Waals surface area contributed by atoms with Crippen LogP contribution in [0.25, 0.3) is 28.1 Å². The minimum Gasteiger partial charge on any atom is -0.463 e. The SMILES string of the molecule is CCOC(=O)C=Cc1ccc(C(=C(CC)c2ccc(F)cc2Cl)c2ccc3[nH]ncc3c2)cc1. The highest BCUT2D eigenvalue weighted by atomic mass is 35.5. The Morgan fingerprint density at radius 1 is 1.06 bits per heavy atom. The zero-order chi connectivity index (χ0) is 24.1. The summed E-state index contributed by atoms with van der Waals surface area (Å²) in [5.41, 5.74) is 6.59. The van der Waals surface area contributed by atoms with Gasteiger partial charge in [-0.2, -0.15) is 5.10 Å². The van der Waals surface area contributed by atoms with Crippen molar-refractivity contribution in [3.8, 4) is 0 Å². The number of rotatable bonds is 7. The van der Waals surface area contributed by atoms with Gasteiger partial charge >= 0.3 is 5.97 Å². The number of benzene rings is 3. The first kappa shape index (κ1) is 23.5. The van der Waals surface area contributed by atoms with E-state index < -0.39 is 0 Å². The van der Waals surface area contributed by atoms with E-state index in [0.717, 1.165) is 44.3 Å². The summed E-state index contributed by atoms with van der Waals surface area (Å²) in [7, 11) is 0. The van der Waals surface area contributed by atoms with Crippen molar-refractivity contribution in [3.63, 3.8) is 0 Å². The van der Waals surface area contributed by atoms with E-state index in [-0.39, 0.29) is 11.8 Å². The standard InChI is InChI=1S/C28H24ClFN2O2/c1-3-23(24-12-11-22(30)16-25(24)29)28(20-10-13-26-21(15-20)17-31-32-26)19-8-5-18(6-9-19)7-14-27(33)34-4-2/h5-17H,3-4H2,1-2H3,(H,31,32). The fraction of sp³-hybridized carbons (Fsp3) is 0.143. The first-order chi connectivity index (χ1) is 16.5. The van der Waals surface area contributed by atoms with Crippen LogP contribution in [0.4, 0.5) is 4.39 Å². The lowest BCUT2D eigenvalue weighted by atomic mass is 9.87. The highest BCUT2D eigenvalue weighted by Crippen LogP contribution is 2.38. The van der Waals surface area contributed by atoms with Gasteiger partial charge in [-0.25, -0.2) is 9.18 Å². The molecule has 0 saturated heterocycles. The Morgan fingerprint density at radius 3 is 2.53 bits per heavy atom. The van der Waals surface area contributed by atoms with E-state index in [1.807, 2.05) is 36.4 Å². The Hall–Kier alpha value is -3.70. The third kappa shape index (κ3) is 5.10. The van der Waals surface area contributed by atoms with Gasteiger partial charge in [-0.05, 0) is 77.1 Å². The number of carbonyl (C=O) groups is 1. The summed E-state index contributed by atoms with van der Waals surface area (Å²) in [5.74, 6) is -0.747. The van der Waals surface area contributed by atoms with Gasteiger partial charge in [0.2, 0.25) is 0 Å². The summed E-state index contributed by atoms with van der Waals surface area (Å²) in [6.07, 6.45) is 5.61. The minimum atomic E-state index is -0.375. The summed E-state index contributed by atoms with van der Waals surface area (Å²) in [4.78, 5) is 11.6. The maximum Gasteiger partial charge on any atom is 0.330 e. The number of nitrogens with one attached hydrogen (secondary N) is 1. The van der Waals surface area contributed by atoms with Crippen LogP contribution in [0.1, 0.15) is 42.5 Å². The van der Waals surface area contributed by atoms with Crippen molar-refractivity contribution in [1.29, 1.82) is 0 Å². The lowest BCUT2D eigenvalue weighted by molar-refractivity contribution is -0.137. The fourth-order valence-corrected chi connectivity index (χ4v) is 4.25. The molecule has 0 radical (unpaired) electrons. The number of hydrogen-bond acceptors (Lipinski definition) is 3. The number of halogens is 2. The van der Waals surface area contributed by atoms with Gasteiger partial charge in [-0.3, -0.25) is 5.10 Å². The molecule has 0 bridgehead atoms. The second-order valence-corrected chi connectivity index (χ2v) is 8.12. The number of aromatic amines is 1. The molecule has 34 heavy (non-hydrogen) atoms. The van der Waals surface area contributed by atoms with Crippen LogP contribution in [-0.4, -0.2) is 22.8 Å². The molecule has 4 nitrogen and oxygen atoms in total. The second-order valence-electron chi connectivity index (χ2n) is 7.71. The molecular weight excluding hydrogens is 451 g/mol. The van der Waals surface area contributed by atoms with E-state index in [2.05, 4.69) is 23.2 Å². The molecule has 0 aliphatic carbocycles. The number of aromatic nitrogens is 2. The van der Waals surface area contributed by atoms with Crippen LogP contribution in [0.2, 0.25) is 5.02 Å². The van der Waals surface area contributed by atoms with E-state index in [4.69, 9.17) is 16.3 Å². The summed E-state index contributed by atoms with van der Waals surface area (Å²) in [6.45, 7) is 4.17. The molecule has 0 atom stereocenters. The Labute approximate surface area is 202 Å². The first-order valence-electron chi connectivity index (χ1n) is 11.1. The first-order valence-corrected chi connectivity index (χ1v) is 11.4. The van der Waals surface area contributed by atoms with Gasteiger partial charge in [-0.15, -0.1) is 0 Å². The summed E-state index contributed by atoms with van der Waals surface area (Å²) >= 11 is 6.48. The van der Waals surface area contributed by atoms with Crippen molar-refractivity contribution in [3.05, 3.63) is 106 Å². The van der Waals surface area contributed by atoms with Crippen molar-refractivity contribution >= 4 is 45.7 Å². The van der Waals surface area contributed by atoms with Crippen LogP contribution in [0.3, 0.4) is 0 Å². The average Bonchev–Trinajstić information content (AvgIpc) is 3.30. The molecule has 0 aliphatic rings. The number of ether oxygens (including phenoxy) is 1. The number of hydrogen-bond donors (Lipinski definition) is 1. The summed E-state index contributed by atoms with van der Waals surface area (Å²) < 4.78 is 18.7. The van der Waals surface area contributed by atoms with Crippen LogP contribution in [-0.2, 0) is 9.53 Å². The molecule has 4 rings (SSSR count). The van der Waals surface area contributed by atoms with Crippen LogP contribution in [0.15, 0.2) is 72.9 Å². The molecule has 0 fully saturated rings. The Kier molecular flexibility index (Phi) is 7.24. The predicted molar refractivity (Wildman–Crippen MR) is 136 cm³/mol. The number of fused-ring (bicyclic) bond motifs is 1. The molecule has 0 saturated carbocycles. The third-order valence-electron chi connectivity index (χ3n) is 5.54. The van der Waals surface area contributed by atoms with E-state index >= 15 is 0 Å². The van der Waals surface area contributed by atoms with Gasteiger partial charge in [0.1, 0.15) is 5.82 Å². The van der Waals surface area contributed by atoms with Crippen molar-refractivity contribution in [2.24, 2.45) is 0 Å². The molecule has 172 valence electrons. The van der Waals surface area contributed by atoms with Crippen LogP contribution in [0.5, 0.6) is 0 Å². The highest BCUT2D eigenvalue weighted by Gasteiger charge is 2.16. The van der Waals surface area contributed by atoms with Crippen molar-refractivity contribution < 1.29 is 13.9 Å². The molecular formula is C28H24ClFN2O2. The number of carbonyl (C=O) groups excluding carboxylic acids is 1. The molecule has 0 amide bonds. The Morgan fingerprint density at radius 2 is 1.82 bits per heavy atom. The third-order valence-corrected chi connectivity index (χ3v) is 5.85. The van der Waals surface area contributed by atoms with Gasteiger partial charge in [-0.1, -0.05) is 54.9 Å². The maximum absolute atomic E-state index is 13.8. The van der Waals surface area contributed by atoms with Crippen LogP contribution in [0, 0.1) is 5.82 Å². The molecule has 1 aromatic heterocycles. The van der Waals surface area contributed by atoms with E-state index in [0.29, 0.717) is 18.1 Å². The molecule has 0 aliphatic heterocycles. The highest BCUT2D eigenvalue weighted by molar-refractivity contribution is 6.32. The molecule has 3 aromatic carbocycles. The summed E-state index contributed by atoms with van der Waals surface area (Å²) in [6, 6.07) is 18.5. The maximum atomic E-state index is 13.8. The van der Waals surface area contributed by atoms with E-state index in [1.54, 1.807) is 25.3 Å². The smallest absolute Gasteiger partial charge is 0.330 e. The Balaban J connectivity index is 1.85. The number of nitrogens with zero attached hydrogens (tertiary/aromatic N) is 1. The fourth-order valence-electron chi connectivity index (χ4n) is 3.96. The Bertz CT molecular complexity index is 1390. The quantitative estimate of drug-likeness (QED) is 0.174. The minimum absolute atomic E-state index is 0.336. The average molecular weight is 475 g/mol. The van der Waals surface area contributed by atoms with Crippen LogP contribution >= 0.6 is 11.6 Å². The van der Waals surface area contributed by atoms with E-state index in [9.17, 15) is 9.18 Å². The molecule has 1 N–H and O–H groups in total. The molecule has 1 heterocycles. The predicted octanol–water partition coefficient (Wildman–Crippen LogP) is 7.30. The zero-order valence-electron chi connectivity index (χ0n) is 18.9. The van der Waals surface area contributed by atoms with Crippen molar-refractivity contribution in [2.75, 3.05) is 6.61 Å². The van der Waals surface area contributed by atoms with Gasteiger partial charge in [0.05, 0.1) is 23.3 Å². The monoisotopic (exact) mass is 474 g/mol. The lowest BCUT2D eigenvalue weighted by Gasteiger charge is -2.18.